The van der Waals surface area contributed by atoms with Gasteiger partial charge in [0, 0.05) is 19.2 Å². The van der Waals surface area contributed by atoms with Gasteiger partial charge in [0.05, 0.1) is 12.7 Å². The maximum atomic E-state index is 13.0. The number of likely N-dealkylation sites (N-methyl/N-ethyl adjacent to an activating group) is 1. The van der Waals surface area contributed by atoms with E-state index in [2.05, 4.69) is 37.2 Å². The van der Waals surface area contributed by atoms with Crippen molar-refractivity contribution in [3.8, 4) is 5.75 Å². The largest absolute Gasteiger partial charge is 0.492 e. The standard InChI is InChI=1S/C27H35N5O2/c1-8-9-10-23(20(4)19(2)3)25-28-17-24-26(29-25)32(27(33)31(24)7)18-21-11-13-22(14-12-21)34-16-15-30(5)6/h8-14,17,19H,1,15-16,18H2,2-7H3/b10-9-,23-20-. The summed E-state index contributed by atoms with van der Waals surface area (Å²) in [7, 11) is 5.78. The highest BCUT2D eigenvalue weighted by Crippen LogP contribution is 2.24. The molecule has 0 unspecified atom stereocenters. The van der Waals surface area contributed by atoms with Crippen molar-refractivity contribution in [1.29, 1.82) is 0 Å². The van der Waals surface area contributed by atoms with Crippen LogP contribution in [0.4, 0.5) is 0 Å². The number of hydrogen-bond donors (Lipinski definition) is 0. The average molecular weight is 462 g/mol. The Balaban J connectivity index is 1.98. The van der Waals surface area contributed by atoms with Gasteiger partial charge in [0.25, 0.3) is 0 Å². The van der Waals surface area contributed by atoms with Gasteiger partial charge in [-0.2, -0.15) is 0 Å². The van der Waals surface area contributed by atoms with Gasteiger partial charge >= 0.3 is 5.69 Å². The first-order chi connectivity index (χ1) is 16.2. The SMILES string of the molecule is C=C/C=C\C(=C(/C)C(C)C)c1ncc2c(n1)n(Cc1ccc(OCCN(C)C)cc1)c(=O)n2C. The van der Waals surface area contributed by atoms with Gasteiger partial charge in [0.1, 0.15) is 17.9 Å². The van der Waals surface area contributed by atoms with Crippen molar-refractivity contribution in [2.45, 2.75) is 27.3 Å². The molecule has 0 fully saturated rings. The Morgan fingerprint density at radius 3 is 2.56 bits per heavy atom. The van der Waals surface area contributed by atoms with Crippen molar-refractivity contribution in [1.82, 2.24) is 24.0 Å². The number of imidazole rings is 1. The molecule has 34 heavy (non-hydrogen) atoms. The quantitative estimate of drug-likeness (QED) is 0.422. The fraction of sp³-hybridized carbons (Fsp3) is 0.370. The number of nitrogens with zero attached hydrogens (tertiary/aromatic N) is 5. The Bertz CT molecular complexity index is 1260. The Labute approximate surface area is 201 Å². The van der Waals surface area contributed by atoms with Gasteiger partial charge in [0.2, 0.25) is 0 Å². The molecule has 0 saturated heterocycles. The number of allylic oxidation sites excluding steroid dienone is 5. The van der Waals surface area contributed by atoms with Crippen LogP contribution in [0.1, 0.15) is 32.2 Å². The highest BCUT2D eigenvalue weighted by atomic mass is 16.5. The number of hydrogen-bond acceptors (Lipinski definition) is 5. The summed E-state index contributed by atoms with van der Waals surface area (Å²) in [4.78, 5) is 24.6. The van der Waals surface area contributed by atoms with Crippen molar-refractivity contribution in [3.05, 3.63) is 82.7 Å². The minimum atomic E-state index is -0.125. The fourth-order valence-corrected chi connectivity index (χ4v) is 3.53. The number of ether oxygens (including phenoxy) is 1. The maximum absolute atomic E-state index is 13.0. The molecule has 0 radical (unpaired) electrons. The molecule has 7 heteroatoms. The molecule has 0 aliphatic heterocycles. The van der Waals surface area contributed by atoms with Crippen LogP contribution in [0.3, 0.4) is 0 Å². The summed E-state index contributed by atoms with van der Waals surface area (Å²) in [5.41, 5.74) is 4.30. The van der Waals surface area contributed by atoms with Gasteiger partial charge in [-0.15, -0.1) is 0 Å². The van der Waals surface area contributed by atoms with Gasteiger partial charge in [-0.05, 0) is 44.6 Å². The fourth-order valence-electron chi connectivity index (χ4n) is 3.53. The van der Waals surface area contributed by atoms with Crippen LogP contribution in [0.2, 0.25) is 0 Å². The lowest BCUT2D eigenvalue weighted by molar-refractivity contribution is 0.261. The van der Waals surface area contributed by atoms with Gasteiger partial charge < -0.3 is 9.64 Å². The smallest absolute Gasteiger partial charge is 0.330 e. The molecular formula is C27H35N5O2. The van der Waals surface area contributed by atoms with Crippen LogP contribution in [0.5, 0.6) is 5.75 Å². The Morgan fingerprint density at radius 2 is 1.94 bits per heavy atom. The molecule has 0 aliphatic carbocycles. The molecule has 0 amide bonds. The predicted octanol–water partition coefficient (Wildman–Crippen LogP) is 4.29. The molecule has 0 aliphatic rings. The summed E-state index contributed by atoms with van der Waals surface area (Å²) in [6.07, 6.45) is 7.32. The number of fused-ring (bicyclic) bond motifs is 1. The molecule has 3 aromatic rings. The summed E-state index contributed by atoms with van der Waals surface area (Å²) < 4.78 is 9.07. The lowest BCUT2D eigenvalue weighted by Gasteiger charge is -2.12. The van der Waals surface area contributed by atoms with Crippen LogP contribution in [-0.2, 0) is 13.6 Å². The number of benzene rings is 1. The molecule has 1 aromatic carbocycles. The zero-order valence-electron chi connectivity index (χ0n) is 21.1. The molecule has 2 aromatic heterocycles. The highest BCUT2D eigenvalue weighted by molar-refractivity contribution is 5.78. The highest BCUT2D eigenvalue weighted by Gasteiger charge is 2.16. The van der Waals surface area contributed by atoms with Crippen LogP contribution in [0.15, 0.2) is 65.6 Å². The topological polar surface area (TPSA) is 65.2 Å². The monoisotopic (exact) mass is 461 g/mol. The van der Waals surface area contributed by atoms with E-state index in [1.54, 1.807) is 28.5 Å². The normalized spacial score (nSPS) is 12.7. The van der Waals surface area contributed by atoms with Crippen molar-refractivity contribution in [2.75, 3.05) is 27.2 Å². The minimum Gasteiger partial charge on any atom is -0.492 e. The van der Waals surface area contributed by atoms with Crippen LogP contribution in [0.25, 0.3) is 16.7 Å². The van der Waals surface area contributed by atoms with Crippen molar-refractivity contribution < 1.29 is 4.74 Å². The van der Waals surface area contributed by atoms with E-state index in [-0.39, 0.29) is 5.69 Å². The zero-order chi connectivity index (χ0) is 24.8. The molecule has 0 atom stereocenters. The zero-order valence-corrected chi connectivity index (χ0v) is 21.1. The first kappa shape index (κ1) is 25.2. The van der Waals surface area contributed by atoms with E-state index in [9.17, 15) is 4.79 Å². The van der Waals surface area contributed by atoms with Crippen LogP contribution in [-0.4, -0.2) is 51.2 Å². The lowest BCUT2D eigenvalue weighted by Crippen LogP contribution is -2.23. The summed E-state index contributed by atoms with van der Waals surface area (Å²) >= 11 is 0. The van der Waals surface area contributed by atoms with Crippen molar-refractivity contribution in [2.24, 2.45) is 13.0 Å². The van der Waals surface area contributed by atoms with Crippen molar-refractivity contribution >= 4 is 16.7 Å². The molecule has 180 valence electrons. The third-order valence-electron chi connectivity index (χ3n) is 5.89. The van der Waals surface area contributed by atoms with Crippen LogP contribution < -0.4 is 10.4 Å². The van der Waals surface area contributed by atoms with E-state index >= 15 is 0 Å². The van der Waals surface area contributed by atoms with E-state index in [1.807, 2.05) is 50.5 Å². The van der Waals surface area contributed by atoms with Gasteiger partial charge in [-0.3, -0.25) is 9.13 Å². The van der Waals surface area contributed by atoms with E-state index < -0.39 is 0 Å². The third kappa shape index (κ3) is 5.72. The summed E-state index contributed by atoms with van der Waals surface area (Å²) in [6.45, 7) is 12.0. The minimum absolute atomic E-state index is 0.125. The number of aromatic nitrogens is 4. The summed E-state index contributed by atoms with van der Waals surface area (Å²) in [5, 5.41) is 0. The number of aryl methyl sites for hydroxylation is 1. The van der Waals surface area contributed by atoms with E-state index in [4.69, 9.17) is 9.72 Å². The van der Waals surface area contributed by atoms with Crippen molar-refractivity contribution in [3.63, 3.8) is 0 Å². The maximum Gasteiger partial charge on any atom is 0.330 e. The van der Waals surface area contributed by atoms with E-state index in [1.165, 1.54) is 5.57 Å². The molecular weight excluding hydrogens is 426 g/mol. The van der Waals surface area contributed by atoms with Crippen LogP contribution >= 0.6 is 0 Å². The molecule has 7 nitrogen and oxygen atoms in total. The number of rotatable bonds is 10. The Morgan fingerprint density at radius 1 is 1.24 bits per heavy atom. The second-order valence-electron chi connectivity index (χ2n) is 8.97. The summed E-state index contributed by atoms with van der Waals surface area (Å²) in [6, 6.07) is 7.85. The second kappa shape index (κ2) is 11.1. The average Bonchev–Trinajstić information content (AvgIpc) is 3.04. The van der Waals surface area contributed by atoms with E-state index in [0.717, 1.165) is 23.4 Å². The molecule has 0 saturated carbocycles. The van der Waals surface area contributed by atoms with Gasteiger partial charge in [0.15, 0.2) is 11.5 Å². The van der Waals surface area contributed by atoms with Gasteiger partial charge in [-0.25, -0.2) is 14.8 Å². The van der Waals surface area contributed by atoms with E-state index in [0.29, 0.717) is 36.1 Å². The molecule has 0 spiro atoms. The molecule has 0 N–H and O–H groups in total. The summed E-state index contributed by atoms with van der Waals surface area (Å²) in [5.74, 6) is 1.74. The Hall–Kier alpha value is -3.45. The lowest BCUT2D eigenvalue weighted by atomic mass is 9.98. The van der Waals surface area contributed by atoms with Gasteiger partial charge in [-0.1, -0.05) is 56.4 Å². The predicted molar refractivity (Wildman–Crippen MR) is 139 cm³/mol. The first-order valence-electron chi connectivity index (χ1n) is 11.5. The first-order valence-corrected chi connectivity index (χ1v) is 11.5. The molecule has 0 bridgehead atoms. The Kier molecular flexibility index (Phi) is 8.23. The third-order valence-corrected chi connectivity index (χ3v) is 5.89. The molecule has 2 heterocycles. The van der Waals surface area contributed by atoms with Crippen LogP contribution in [0, 0.1) is 5.92 Å². The second-order valence-corrected chi connectivity index (χ2v) is 8.97. The molecule has 3 rings (SSSR count).